The van der Waals surface area contributed by atoms with Crippen LogP contribution in [0.4, 0.5) is 14.5 Å². The van der Waals surface area contributed by atoms with E-state index in [0.29, 0.717) is 29.2 Å². The molecule has 5 rings (SSSR count). The maximum absolute atomic E-state index is 13.9. The van der Waals surface area contributed by atoms with E-state index in [1.165, 1.54) is 18.3 Å². The molecule has 4 nitrogen and oxygen atoms in total. The van der Waals surface area contributed by atoms with Gasteiger partial charge in [0, 0.05) is 41.9 Å². The van der Waals surface area contributed by atoms with Crippen molar-refractivity contribution in [2.45, 2.75) is 18.3 Å². The van der Waals surface area contributed by atoms with E-state index in [9.17, 15) is 13.6 Å². The monoisotopic (exact) mass is 513 g/mol. The predicted molar refractivity (Wildman–Crippen MR) is 135 cm³/mol. The van der Waals surface area contributed by atoms with Gasteiger partial charge in [0.05, 0.1) is 10.7 Å². The third-order valence-electron chi connectivity index (χ3n) is 6.94. The number of carbonyl (C=O) groups is 1. The number of piperidine rings is 1. The Morgan fingerprint density at radius 3 is 2.63 bits per heavy atom. The van der Waals surface area contributed by atoms with Crippen molar-refractivity contribution in [3.05, 3.63) is 99.3 Å². The fourth-order valence-electron chi connectivity index (χ4n) is 5.11. The highest BCUT2D eigenvalue weighted by molar-refractivity contribution is 6.34. The van der Waals surface area contributed by atoms with Gasteiger partial charge in [0.15, 0.2) is 0 Å². The Bertz CT molecular complexity index is 1310. The molecule has 2 aliphatic rings. The summed E-state index contributed by atoms with van der Waals surface area (Å²) in [7, 11) is 0. The molecule has 2 aromatic carbocycles. The van der Waals surface area contributed by atoms with Gasteiger partial charge in [-0.1, -0.05) is 47.5 Å². The van der Waals surface area contributed by atoms with Crippen molar-refractivity contribution < 1.29 is 13.6 Å². The minimum absolute atomic E-state index is 0.146. The summed E-state index contributed by atoms with van der Waals surface area (Å²) in [6, 6.07) is 12.6. The Morgan fingerprint density at radius 2 is 1.89 bits per heavy atom. The van der Waals surface area contributed by atoms with Gasteiger partial charge in [-0.25, -0.2) is 13.8 Å². The van der Waals surface area contributed by atoms with Crippen LogP contribution in [0.15, 0.2) is 60.8 Å². The summed E-state index contributed by atoms with van der Waals surface area (Å²) in [4.78, 5) is 21.5. The van der Waals surface area contributed by atoms with Crippen molar-refractivity contribution >= 4 is 40.9 Å². The number of halogens is 4. The first kappa shape index (κ1) is 23.9. The molecular formula is C27H23Cl2F2N3O. The lowest BCUT2D eigenvalue weighted by Crippen LogP contribution is -2.46. The summed E-state index contributed by atoms with van der Waals surface area (Å²) < 4.78 is 27.0. The summed E-state index contributed by atoms with van der Waals surface area (Å²) in [6.07, 6.45) is 6.83. The van der Waals surface area contributed by atoms with Crippen LogP contribution in [-0.2, 0) is 5.41 Å². The van der Waals surface area contributed by atoms with Crippen molar-refractivity contribution in [3.8, 4) is 0 Å². The molecular weight excluding hydrogens is 491 g/mol. The molecule has 0 radical (unpaired) electrons. The maximum atomic E-state index is 13.9. The quantitative estimate of drug-likeness (QED) is 0.380. The van der Waals surface area contributed by atoms with Crippen LogP contribution in [-0.4, -0.2) is 42.0 Å². The van der Waals surface area contributed by atoms with E-state index in [2.05, 4.69) is 16.0 Å². The molecule has 180 valence electrons. The highest BCUT2D eigenvalue weighted by atomic mass is 35.5. The average Bonchev–Trinajstić information content (AvgIpc) is 3.16. The number of benzene rings is 2. The first-order valence-corrected chi connectivity index (χ1v) is 12.2. The number of hydrogen-bond donors (Lipinski definition) is 0. The highest BCUT2D eigenvalue weighted by Gasteiger charge is 2.47. The molecule has 0 bridgehead atoms. The van der Waals surface area contributed by atoms with Gasteiger partial charge in [0.2, 0.25) is 0 Å². The molecule has 35 heavy (non-hydrogen) atoms. The van der Waals surface area contributed by atoms with Crippen molar-refractivity contribution in [1.82, 2.24) is 9.88 Å². The van der Waals surface area contributed by atoms with E-state index in [4.69, 9.17) is 23.2 Å². The lowest BCUT2D eigenvalue weighted by molar-refractivity contribution is 0.0977. The molecule has 1 fully saturated rings. The zero-order chi connectivity index (χ0) is 24.6. The maximum Gasteiger partial charge on any atom is 0.258 e. The van der Waals surface area contributed by atoms with Gasteiger partial charge < -0.3 is 4.90 Å². The molecule has 3 aromatic rings. The number of carbonyl (C=O) groups excluding carboxylic acids is 1. The number of para-hydroxylation sites is 1. The Kier molecular flexibility index (Phi) is 6.62. The minimum Gasteiger partial charge on any atom is -0.306 e. The first-order valence-electron chi connectivity index (χ1n) is 11.4. The summed E-state index contributed by atoms with van der Waals surface area (Å²) in [5.74, 6) is -1.30. The molecule has 2 aliphatic heterocycles. The van der Waals surface area contributed by atoms with Crippen LogP contribution < -0.4 is 4.90 Å². The third-order valence-corrected chi connectivity index (χ3v) is 7.46. The summed E-state index contributed by atoms with van der Waals surface area (Å²) in [5.41, 5.74) is 2.53. The summed E-state index contributed by atoms with van der Waals surface area (Å²) >= 11 is 12.6. The van der Waals surface area contributed by atoms with Crippen LogP contribution in [0.25, 0.3) is 6.08 Å². The molecule has 0 N–H and O–H groups in total. The number of amides is 1. The van der Waals surface area contributed by atoms with Gasteiger partial charge in [-0.2, -0.15) is 0 Å². The van der Waals surface area contributed by atoms with Gasteiger partial charge in [0.25, 0.3) is 5.91 Å². The largest absolute Gasteiger partial charge is 0.306 e. The number of hydrogen-bond acceptors (Lipinski definition) is 3. The number of fused-ring (bicyclic) bond motifs is 2. The molecule has 0 aliphatic carbocycles. The van der Waals surface area contributed by atoms with Crippen molar-refractivity contribution in [1.29, 1.82) is 0 Å². The first-order chi connectivity index (χ1) is 16.9. The van der Waals surface area contributed by atoms with E-state index < -0.39 is 11.6 Å². The smallest absolute Gasteiger partial charge is 0.258 e. The Labute approximate surface area is 212 Å². The lowest BCUT2D eigenvalue weighted by atomic mass is 9.74. The highest BCUT2D eigenvalue weighted by Crippen LogP contribution is 2.50. The van der Waals surface area contributed by atoms with Gasteiger partial charge >= 0.3 is 0 Å². The Hall–Kier alpha value is -2.80. The van der Waals surface area contributed by atoms with E-state index in [1.54, 1.807) is 23.1 Å². The van der Waals surface area contributed by atoms with Gasteiger partial charge in [-0.3, -0.25) is 9.69 Å². The van der Waals surface area contributed by atoms with Gasteiger partial charge in [-0.05, 0) is 61.8 Å². The standard InChI is InChI=1S/C27H23Cl2F2N3O/c28-22-5-1-4-21-25(22)34(26(35)19-8-11-32-24(29)15-19)17-27(21)9-13-33(14-10-27)12-2-3-18-6-7-20(30)16-23(18)31/h1-8,11,15-16H,9-10,12-14,17H2. The second-order valence-electron chi connectivity index (χ2n) is 9.04. The fraction of sp³-hybridized carbons (Fsp3) is 0.259. The second-order valence-corrected chi connectivity index (χ2v) is 9.84. The topological polar surface area (TPSA) is 36.4 Å². The SMILES string of the molecule is O=C(c1ccnc(Cl)c1)N1CC2(CCN(CC=Cc3ccc(F)cc3F)CC2)c2cccc(Cl)c21. The second kappa shape index (κ2) is 9.69. The van der Waals surface area contributed by atoms with Crippen LogP contribution in [0, 0.1) is 11.6 Å². The molecule has 1 spiro atoms. The number of aromatic nitrogens is 1. The lowest BCUT2D eigenvalue weighted by Gasteiger charge is -2.39. The predicted octanol–water partition coefficient (Wildman–Crippen LogP) is 6.37. The van der Waals surface area contributed by atoms with Gasteiger partial charge in [-0.15, -0.1) is 0 Å². The Balaban J connectivity index is 1.32. The average molecular weight is 514 g/mol. The zero-order valence-corrected chi connectivity index (χ0v) is 20.4. The number of rotatable bonds is 4. The van der Waals surface area contributed by atoms with E-state index in [0.717, 1.165) is 43.2 Å². The number of likely N-dealkylation sites (tertiary alicyclic amines) is 1. The summed E-state index contributed by atoms with van der Waals surface area (Å²) in [6.45, 7) is 2.86. The number of nitrogens with zero attached hydrogens (tertiary/aromatic N) is 3. The Morgan fingerprint density at radius 1 is 1.09 bits per heavy atom. The molecule has 1 aromatic heterocycles. The fourth-order valence-corrected chi connectivity index (χ4v) is 5.56. The van der Waals surface area contributed by atoms with Crippen LogP contribution in [0.3, 0.4) is 0 Å². The van der Waals surface area contributed by atoms with Crippen molar-refractivity contribution in [3.63, 3.8) is 0 Å². The summed E-state index contributed by atoms with van der Waals surface area (Å²) in [5, 5.41) is 0.825. The minimum atomic E-state index is -0.586. The van der Waals surface area contributed by atoms with Crippen LogP contribution in [0.1, 0.15) is 34.3 Å². The zero-order valence-electron chi connectivity index (χ0n) is 18.9. The number of anilines is 1. The van der Waals surface area contributed by atoms with Gasteiger partial charge in [0.1, 0.15) is 16.8 Å². The molecule has 0 atom stereocenters. The molecule has 0 saturated carbocycles. The molecule has 1 amide bonds. The van der Waals surface area contributed by atoms with Crippen molar-refractivity contribution in [2.75, 3.05) is 31.1 Å². The normalized spacial score (nSPS) is 17.3. The number of pyridine rings is 1. The van der Waals surface area contributed by atoms with E-state index >= 15 is 0 Å². The third kappa shape index (κ3) is 4.70. The van der Waals surface area contributed by atoms with E-state index in [-0.39, 0.29) is 16.5 Å². The molecule has 1 saturated heterocycles. The van der Waals surface area contributed by atoms with Crippen LogP contribution >= 0.6 is 23.2 Å². The van der Waals surface area contributed by atoms with E-state index in [1.807, 2.05) is 18.2 Å². The van der Waals surface area contributed by atoms with Crippen LogP contribution in [0.2, 0.25) is 10.2 Å². The molecule has 3 heterocycles. The van der Waals surface area contributed by atoms with Crippen LogP contribution in [0.5, 0.6) is 0 Å². The van der Waals surface area contributed by atoms with Crippen molar-refractivity contribution in [2.24, 2.45) is 0 Å². The molecule has 8 heteroatoms. The molecule has 0 unspecified atom stereocenters.